The molecule has 0 spiro atoms. The minimum absolute atomic E-state index is 0.206. The van der Waals surface area contributed by atoms with Crippen LogP contribution in [0, 0.1) is 0 Å². The van der Waals surface area contributed by atoms with E-state index in [0.29, 0.717) is 0 Å². The monoisotopic (exact) mass is 321 g/mol. The third-order valence-electron chi connectivity index (χ3n) is 4.19. The van der Waals surface area contributed by atoms with E-state index in [9.17, 15) is 0 Å². The summed E-state index contributed by atoms with van der Waals surface area (Å²) in [5, 5.41) is 1.99. The molecule has 0 aliphatic heterocycles. The molecular weight excluding hydrogens is 306 g/mol. The number of halogens is 1. The van der Waals surface area contributed by atoms with Gasteiger partial charge in [0.05, 0.1) is 12.4 Å². The topological polar surface area (TPSA) is 33.6 Å². The summed E-state index contributed by atoms with van der Waals surface area (Å²) in [6, 6.07) is 16.9. The van der Waals surface area contributed by atoms with Crippen molar-refractivity contribution in [1.29, 1.82) is 0 Å². The van der Waals surface area contributed by atoms with Crippen LogP contribution >= 0.6 is 11.6 Å². The number of hydrogen-bond donors (Lipinski definition) is 1. The number of H-pyrrole nitrogens is 1. The molecule has 0 radical (unpaired) electrons. The first-order valence-electron chi connectivity index (χ1n) is 7.58. The molecule has 0 amide bonds. The number of benzene rings is 2. The Morgan fingerprint density at radius 1 is 1.09 bits per heavy atom. The van der Waals surface area contributed by atoms with Gasteiger partial charge in [0.2, 0.25) is 0 Å². The minimum atomic E-state index is 0.206. The van der Waals surface area contributed by atoms with Gasteiger partial charge in [0.25, 0.3) is 0 Å². The lowest BCUT2D eigenvalue weighted by molar-refractivity contribution is 0.581. The summed E-state index contributed by atoms with van der Waals surface area (Å²) < 4.78 is 2.16. The second-order valence-corrected chi connectivity index (χ2v) is 6.12. The molecular formula is C19H16ClN3. The highest BCUT2D eigenvalue weighted by molar-refractivity contribution is 6.30. The van der Waals surface area contributed by atoms with Crippen molar-refractivity contribution in [2.45, 2.75) is 12.5 Å². The quantitative estimate of drug-likeness (QED) is 0.572. The number of nitrogens with one attached hydrogen (secondary N) is 1. The maximum Gasteiger partial charge on any atom is 0.0951 e. The molecule has 2 aromatic heterocycles. The Balaban J connectivity index is 1.74. The standard InChI is InChI=1S/C19H16ClN3/c20-17-4-1-14(2-5-17)11-19(23-10-9-21-13-23)16-3-6-18-15(12-16)7-8-22-18/h1-10,12-13,19,22H,11H2. The fourth-order valence-electron chi connectivity index (χ4n) is 2.97. The predicted molar refractivity (Wildman–Crippen MR) is 93.8 cm³/mol. The smallest absolute Gasteiger partial charge is 0.0951 e. The first-order chi connectivity index (χ1) is 11.3. The van der Waals surface area contributed by atoms with E-state index < -0.39 is 0 Å². The minimum Gasteiger partial charge on any atom is -0.361 e. The lowest BCUT2D eigenvalue weighted by Gasteiger charge is -2.19. The fraction of sp³-hybridized carbons (Fsp3) is 0.105. The number of fused-ring (bicyclic) bond motifs is 1. The SMILES string of the molecule is Clc1ccc(CC(c2ccc3[nH]ccc3c2)n2ccnc2)cc1. The number of hydrogen-bond acceptors (Lipinski definition) is 1. The molecule has 1 atom stereocenters. The maximum atomic E-state index is 6.00. The van der Waals surface area contributed by atoms with Gasteiger partial charge in [-0.05, 0) is 53.3 Å². The normalized spacial score (nSPS) is 12.6. The summed E-state index contributed by atoms with van der Waals surface area (Å²) in [7, 11) is 0. The van der Waals surface area contributed by atoms with Crippen LogP contribution in [-0.2, 0) is 6.42 Å². The van der Waals surface area contributed by atoms with Gasteiger partial charge in [0.15, 0.2) is 0 Å². The molecule has 0 saturated carbocycles. The Bertz CT molecular complexity index is 907. The van der Waals surface area contributed by atoms with Crippen LogP contribution in [0.4, 0.5) is 0 Å². The first kappa shape index (κ1) is 14.1. The van der Waals surface area contributed by atoms with Crippen LogP contribution in [0.3, 0.4) is 0 Å². The second kappa shape index (κ2) is 5.94. The van der Waals surface area contributed by atoms with E-state index in [0.717, 1.165) is 17.0 Å². The van der Waals surface area contributed by atoms with Gasteiger partial charge < -0.3 is 9.55 Å². The molecule has 4 rings (SSSR count). The summed E-state index contributed by atoms with van der Waals surface area (Å²) in [5.41, 5.74) is 3.68. The van der Waals surface area contributed by atoms with Crippen LogP contribution in [-0.4, -0.2) is 14.5 Å². The highest BCUT2D eigenvalue weighted by atomic mass is 35.5. The Labute approximate surface area is 139 Å². The highest BCUT2D eigenvalue weighted by Gasteiger charge is 2.15. The number of nitrogens with zero attached hydrogens (tertiary/aromatic N) is 2. The number of rotatable bonds is 4. The van der Waals surface area contributed by atoms with Gasteiger partial charge in [-0.25, -0.2) is 4.98 Å². The van der Waals surface area contributed by atoms with E-state index in [2.05, 4.69) is 50.9 Å². The number of aromatic amines is 1. The summed E-state index contributed by atoms with van der Waals surface area (Å²) in [6.45, 7) is 0. The molecule has 3 nitrogen and oxygen atoms in total. The Kier molecular flexibility index (Phi) is 3.64. The van der Waals surface area contributed by atoms with E-state index in [-0.39, 0.29) is 6.04 Å². The summed E-state index contributed by atoms with van der Waals surface area (Å²) >= 11 is 6.00. The predicted octanol–water partition coefficient (Wildman–Crippen LogP) is 4.85. The average Bonchev–Trinajstić information content (AvgIpc) is 3.25. The van der Waals surface area contributed by atoms with Crippen LogP contribution in [0.15, 0.2) is 73.4 Å². The highest BCUT2D eigenvalue weighted by Crippen LogP contribution is 2.26. The van der Waals surface area contributed by atoms with E-state index in [1.54, 1.807) is 0 Å². The van der Waals surface area contributed by atoms with Crippen molar-refractivity contribution in [3.63, 3.8) is 0 Å². The van der Waals surface area contributed by atoms with Gasteiger partial charge in [0.1, 0.15) is 0 Å². The molecule has 0 bridgehead atoms. The third-order valence-corrected chi connectivity index (χ3v) is 4.44. The lowest BCUT2D eigenvalue weighted by atomic mass is 9.97. The van der Waals surface area contributed by atoms with E-state index in [4.69, 9.17) is 11.6 Å². The second-order valence-electron chi connectivity index (χ2n) is 5.68. The summed E-state index contributed by atoms with van der Waals surface area (Å²) in [6.07, 6.45) is 8.58. The number of imidazole rings is 1. The molecule has 0 fully saturated rings. The molecule has 0 saturated heterocycles. The molecule has 23 heavy (non-hydrogen) atoms. The lowest BCUT2D eigenvalue weighted by Crippen LogP contribution is -2.12. The van der Waals surface area contributed by atoms with Crippen LogP contribution in [0.25, 0.3) is 10.9 Å². The van der Waals surface area contributed by atoms with Crippen LogP contribution in [0.2, 0.25) is 5.02 Å². The van der Waals surface area contributed by atoms with Crippen molar-refractivity contribution in [2.75, 3.05) is 0 Å². The Morgan fingerprint density at radius 3 is 2.74 bits per heavy atom. The molecule has 4 heteroatoms. The van der Waals surface area contributed by atoms with E-state index in [1.807, 2.05) is 37.1 Å². The van der Waals surface area contributed by atoms with Crippen molar-refractivity contribution in [3.8, 4) is 0 Å². The van der Waals surface area contributed by atoms with Gasteiger partial charge in [-0.1, -0.05) is 29.8 Å². The van der Waals surface area contributed by atoms with E-state index in [1.165, 1.54) is 16.5 Å². The van der Waals surface area contributed by atoms with Gasteiger partial charge in [-0.15, -0.1) is 0 Å². The zero-order valence-corrected chi connectivity index (χ0v) is 13.2. The van der Waals surface area contributed by atoms with Crippen LogP contribution in [0.1, 0.15) is 17.2 Å². The maximum absolute atomic E-state index is 6.00. The molecule has 0 aliphatic rings. The molecule has 2 aromatic carbocycles. The summed E-state index contributed by atoms with van der Waals surface area (Å²) in [4.78, 5) is 7.45. The van der Waals surface area contributed by atoms with Gasteiger partial charge >= 0.3 is 0 Å². The average molecular weight is 322 g/mol. The molecule has 1 unspecified atom stereocenters. The third kappa shape index (κ3) is 2.88. The molecule has 114 valence electrons. The van der Waals surface area contributed by atoms with Crippen molar-refractivity contribution < 1.29 is 0 Å². The Morgan fingerprint density at radius 2 is 1.96 bits per heavy atom. The largest absolute Gasteiger partial charge is 0.361 e. The van der Waals surface area contributed by atoms with Gasteiger partial charge in [-0.2, -0.15) is 0 Å². The molecule has 0 aliphatic carbocycles. The van der Waals surface area contributed by atoms with Crippen molar-refractivity contribution in [3.05, 3.63) is 89.6 Å². The van der Waals surface area contributed by atoms with Crippen molar-refractivity contribution in [1.82, 2.24) is 14.5 Å². The molecule has 2 heterocycles. The summed E-state index contributed by atoms with van der Waals surface area (Å²) in [5.74, 6) is 0. The zero-order valence-electron chi connectivity index (χ0n) is 12.5. The fourth-order valence-corrected chi connectivity index (χ4v) is 3.10. The first-order valence-corrected chi connectivity index (χ1v) is 7.96. The van der Waals surface area contributed by atoms with Gasteiger partial charge in [-0.3, -0.25) is 0 Å². The van der Waals surface area contributed by atoms with Crippen molar-refractivity contribution in [2.24, 2.45) is 0 Å². The Hall–Kier alpha value is -2.52. The van der Waals surface area contributed by atoms with Crippen molar-refractivity contribution >= 4 is 22.5 Å². The van der Waals surface area contributed by atoms with E-state index >= 15 is 0 Å². The zero-order chi connectivity index (χ0) is 15.6. The molecule has 4 aromatic rings. The van der Waals surface area contributed by atoms with Crippen LogP contribution in [0.5, 0.6) is 0 Å². The van der Waals surface area contributed by atoms with Crippen LogP contribution < -0.4 is 0 Å². The molecule has 1 N–H and O–H groups in total. The number of aromatic nitrogens is 3. The van der Waals surface area contributed by atoms with Gasteiger partial charge in [0, 0.05) is 29.1 Å².